The second kappa shape index (κ2) is 5.06. The normalized spacial score (nSPS) is 22.1. The summed E-state index contributed by atoms with van der Waals surface area (Å²) in [7, 11) is 0. The van der Waals surface area contributed by atoms with Crippen molar-refractivity contribution in [2.45, 2.75) is 31.8 Å². The third-order valence-electron chi connectivity index (χ3n) is 3.79. The largest absolute Gasteiger partial charge is 0.488 e. The molecule has 0 spiro atoms. The second-order valence-corrected chi connectivity index (χ2v) is 5.94. The quantitative estimate of drug-likeness (QED) is 0.469. The Labute approximate surface area is 118 Å². The second-order valence-electron chi connectivity index (χ2n) is 4.97. The SMILES string of the molecule is S=C(Cl)N1CCC(Oc2cccc3c2CCC3)C1. The van der Waals surface area contributed by atoms with Gasteiger partial charge in [0.15, 0.2) is 4.45 Å². The van der Waals surface area contributed by atoms with Crippen molar-refractivity contribution in [3.63, 3.8) is 0 Å². The first-order chi connectivity index (χ1) is 8.74. The standard InChI is InChI=1S/C14H16ClNOS/c15-14(18)16-8-7-11(9-16)17-13-6-2-4-10-3-1-5-12(10)13/h2,4,6,11H,1,3,5,7-9H2. The fourth-order valence-corrected chi connectivity index (χ4v) is 3.18. The summed E-state index contributed by atoms with van der Waals surface area (Å²) in [5.74, 6) is 1.07. The number of hydrogen-bond donors (Lipinski definition) is 0. The summed E-state index contributed by atoms with van der Waals surface area (Å²) in [4.78, 5) is 2.00. The summed E-state index contributed by atoms with van der Waals surface area (Å²) in [5, 5.41) is 0. The van der Waals surface area contributed by atoms with Crippen molar-refractivity contribution in [3.05, 3.63) is 29.3 Å². The number of likely N-dealkylation sites (tertiary alicyclic amines) is 1. The smallest absolute Gasteiger partial charge is 0.170 e. The Kier molecular flexibility index (Phi) is 3.44. The van der Waals surface area contributed by atoms with Crippen LogP contribution in [-0.2, 0) is 12.8 Å². The lowest BCUT2D eigenvalue weighted by atomic mass is 10.1. The summed E-state index contributed by atoms with van der Waals surface area (Å²) >= 11 is 10.8. The van der Waals surface area contributed by atoms with Crippen LogP contribution in [0, 0.1) is 0 Å². The van der Waals surface area contributed by atoms with Crippen LogP contribution in [0.5, 0.6) is 5.75 Å². The first kappa shape index (κ1) is 12.2. The van der Waals surface area contributed by atoms with Gasteiger partial charge in [-0.2, -0.15) is 0 Å². The molecular weight excluding hydrogens is 266 g/mol. The van der Waals surface area contributed by atoms with Gasteiger partial charge in [0.1, 0.15) is 11.9 Å². The predicted molar refractivity (Wildman–Crippen MR) is 77.5 cm³/mol. The highest BCUT2D eigenvalue weighted by Crippen LogP contribution is 2.32. The van der Waals surface area contributed by atoms with Gasteiger partial charge in [-0.05, 0) is 48.7 Å². The maximum absolute atomic E-state index is 6.14. The number of ether oxygens (including phenoxy) is 1. The Bertz CT molecular complexity index is 477. The Morgan fingerprint density at radius 2 is 2.28 bits per heavy atom. The number of hydrogen-bond acceptors (Lipinski definition) is 2. The van der Waals surface area contributed by atoms with Gasteiger partial charge in [-0.3, -0.25) is 0 Å². The molecule has 4 heteroatoms. The molecule has 1 fully saturated rings. The molecule has 1 saturated heterocycles. The van der Waals surface area contributed by atoms with Crippen LogP contribution >= 0.6 is 23.8 Å². The van der Waals surface area contributed by atoms with Crippen LogP contribution in [0.1, 0.15) is 24.0 Å². The molecule has 1 aliphatic carbocycles. The van der Waals surface area contributed by atoms with Crippen LogP contribution in [0.25, 0.3) is 0 Å². The van der Waals surface area contributed by atoms with Gasteiger partial charge in [-0.15, -0.1) is 0 Å². The third kappa shape index (κ3) is 2.34. The van der Waals surface area contributed by atoms with E-state index in [1.54, 1.807) is 0 Å². The number of fused-ring (bicyclic) bond motifs is 1. The predicted octanol–water partition coefficient (Wildman–Crippen LogP) is 3.15. The van der Waals surface area contributed by atoms with Crippen molar-refractivity contribution in [1.82, 2.24) is 4.90 Å². The van der Waals surface area contributed by atoms with Crippen molar-refractivity contribution in [1.29, 1.82) is 0 Å². The molecule has 0 saturated carbocycles. The fourth-order valence-electron chi connectivity index (χ4n) is 2.86. The van der Waals surface area contributed by atoms with Gasteiger partial charge in [0.25, 0.3) is 0 Å². The molecule has 0 bridgehead atoms. The lowest BCUT2D eigenvalue weighted by Crippen LogP contribution is -2.26. The first-order valence-electron chi connectivity index (χ1n) is 6.46. The van der Waals surface area contributed by atoms with E-state index >= 15 is 0 Å². The molecule has 3 rings (SSSR count). The zero-order valence-corrected chi connectivity index (χ0v) is 11.8. The van der Waals surface area contributed by atoms with E-state index in [4.69, 9.17) is 28.6 Å². The highest BCUT2D eigenvalue weighted by atomic mass is 35.5. The van der Waals surface area contributed by atoms with Gasteiger partial charge < -0.3 is 9.64 Å². The number of halogens is 1. The Balaban J connectivity index is 1.71. The number of nitrogens with zero attached hydrogens (tertiary/aromatic N) is 1. The van der Waals surface area contributed by atoms with Gasteiger partial charge in [0.2, 0.25) is 0 Å². The zero-order valence-electron chi connectivity index (χ0n) is 10.2. The molecular formula is C14H16ClNOS. The van der Waals surface area contributed by atoms with Crippen molar-refractivity contribution in [2.24, 2.45) is 0 Å². The summed E-state index contributed by atoms with van der Waals surface area (Å²) < 4.78 is 6.60. The van der Waals surface area contributed by atoms with E-state index in [0.29, 0.717) is 4.45 Å². The molecule has 1 atom stereocenters. The van der Waals surface area contributed by atoms with Gasteiger partial charge in [0, 0.05) is 13.0 Å². The summed E-state index contributed by atoms with van der Waals surface area (Å²) in [5.41, 5.74) is 2.86. The molecule has 2 aliphatic rings. The van der Waals surface area contributed by atoms with Crippen molar-refractivity contribution in [2.75, 3.05) is 13.1 Å². The molecule has 1 unspecified atom stereocenters. The van der Waals surface area contributed by atoms with Gasteiger partial charge in [0.05, 0.1) is 6.54 Å². The van der Waals surface area contributed by atoms with Gasteiger partial charge in [-0.25, -0.2) is 0 Å². The molecule has 18 heavy (non-hydrogen) atoms. The van der Waals surface area contributed by atoms with Gasteiger partial charge >= 0.3 is 0 Å². The van der Waals surface area contributed by atoms with E-state index in [1.165, 1.54) is 24.0 Å². The van der Waals surface area contributed by atoms with Crippen LogP contribution in [0.15, 0.2) is 18.2 Å². The van der Waals surface area contributed by atoms with E-state index in [2.05, 4.69) is 18.2 Å². The van der Waals surface area contributed by atoms with E-state index < -0.39 is 0 Å². The number of rotatable bonds is 2. The molecule has 1 aromatic carbocycles. The molecule has 96 valence electrons. The van der Waals surface area contributed by atoms with E-state index in [0.717, 1.165) is 31.7 Å². The topological polar surface area (TPSA) is 12.5 Å². The van der Waals surface area contributed by atoms with E-state index in [1.807, 2.05) is 4.90 Å². The van der Waals surface area contributed by atoms with Crippen molar-refractivity contribution in [3.8, 4) is 5.75 Å². The van der Waals surface area contributed by atoms with Crippen LogP contribution in [-0.4, -0.2) is 28.5 Å². The highest BCUT2D eigenvalue weighted by molar-refractivity contribution is 7.83. The number of thiocarbonyl (C=S) groups is 1. The molecule has 1 aliphatic heterocycles. The minimum absolute atomic E-state index is 0.216. The molecule has 1 aromatic rings. The van der Waals surface area contributed by atoms with Crippen LogP contribution in [0.2, 0.25) is 0 Å². The lowest BCUT2D eigenvalue weighted by Gasteiger charge is -2.17. The van der Waals surface area contributed by atoms with Crippen LogP contribution < -0.4 is 4.74 Å². The summed E-state index contributed by atoms with van der Waals surface area (Å²) in [6.45, 7) is 1.72. The van der Waals surface area contributed by atoms with Crippen molar-refractivity contribution < 1.29 is 4.74 Å². The zero-order chi connectivity index (χ0) is 12.5. The molecule has 0 aromatic heterocycles. The Hall–Kier alpha value is -0.800. The summed E-state index contributed by atoms with van der Waals surface area (Å²) in [6, 6.07) is 6.40. The molecule has 1 heterocycles. The van der Waals surface area contributed by atoms with E-state index in [9.17, 15) is 0 Å². The average Bonchev–Trinajstić information content (AvgIpc) is 2.97. The monoisotopic (exact) mass is 281 g/mol. The average molecular weight is 282 g/mol. The Morgan fingerprint density at radius 3 is 3.06 bits per heavy atom. The highest BCUT2D eigenvalue weighted by Gasteiger charge is 2.26. The fraction of sp³-hybridized carbons (Fsp3) is 0.500. The molecule has 0 amide bonds. The van der Waals surface area contributed by atoms with E-state index in [-0.39, 0.29) is 6.10 Å². The third-order valence-corrected chi connectivity index (χ3v) is 4.29. The van der Waals surface area contributed by atoms with Gasteiger partial charge in [-0.1, -0.05) is 23.7 Å². The van der Waals surface area contributed by atoms with Crippen LogP contribution in [0.4, 0.5) is 0 Å². The minimum atomic E-state index is 0.216. The Morgan fingerprint density at radius 1 is 1.39 bits per heavy atom. The van der Waals surface area contributed by atoms with Crippen molar-refractivity contribution >= 4 is 28.3 Å². The molecule has 2 nitrogen and oxygen atoms in total. The maximum atomic E-state index is 6.14. The minimum Gasteiger partial charge on any atom is -0.488 e. The summed E-state index contributed by atoms with van der Waals surface area (Å²) in [6.07, 6.45) is 4.80. The number of benzene rings is 1. The lowest BCUT2D eigenvalue weighted by molar-refractivity contribution is 0.213. The molecule has 0 radical (unpaired) electrons. The number of aryl methyl sites for hydroxylation is 1. The molecule has 0 N–H and O–H groups in total. The maximum Gasteiger partial charge on any atom is 0.170 e. The van der Waals surface area contributed by atoms with Crippen LogP contribution in [0.3, 0.4) is 0 Å². The first-order valence-corrected chi connectivity index (χ1v) is 7.24.